The number of hydrogen-bond acceptors (Lipinski definition) is 6. The van der Waals surface area contributed by atoms with Crippen LogP contribution < -0.4 is 19.2 Å². The Labute approximate surface area is 196 Å². The molecule has 0 aliphatic carbocycles. The lowest BCUT2D eigenvalue weighted by Gasteiger charge is -2.13. The van der Waals surface area contributed by atoms with E-state index in [1.165, 1.54) is 11.3 Å². The zero-order valence-corrected chi connectivity index (χ0v) is 20.0. The van der Waals surface area contributed by atoms with Crippen molar-refractivity contribution < 1.29 is 14.3 Å². The Morgan fingerprint density at radius 2 is 1.91 bits per heavy atom. The van der Waals surface area contributed by atoms with Gasteiger partial charge in [-0.05, 0) is 38.1 Å². The number of rotatable bonds is 7. The predicted molar refractivity (Wildman–Crippen MR) is 132 cm³/mol. The molecule has 170 valence electrons. The molecule has 7 nitrogen and oxygen atoms in total. The second-order valence-corrected chi connectivity index (χ2v) is 8.41. The van der Waals surface area contributed by atoms with Gasteiger partial charge in [-0.3, -0.25) is 9.79 Å². The van der Waals surface area contributed by atoms with Gasteiger partial charge >= 0.3 is 0 Å². The van der Waals surface area contributed by atoms with Crippen molar-refractivity contribution in [1.82, 2.24) is 4.68 Å². The molecule has 2 aromatic carbocycles. The van der Waals surface area contributed by atoms with E-state index in [4.69, 9.17) is 19.6 Å². The SMILES string of the molecule is C=C(C)CN=c1scc(-c2cc(OC)ccc2OC)n1N=C1C(=O)N(CC)c2ccccc21. The van der Waals surface area contributed by atoms with E-state index in [1.807, 2.05) is 61.7 Å². The molecule has 0 saturated heterocycles. The number of fused-ring (bicyclic) bond motifs is 1. The standard InChI is InChI=1S/C25H26N4O3S/c1-6-28-20-10-8-7-9-18(20)23(24(28)30)27-29-21(15-33-25(29)26-14-16(2)3)19-13-17(31-4)11-12-22(19)32-5/h7-13,15H,2,6,14H2,1,3-5H3. The molecule has 0 radical (unpaired) electrons. The minimum absolute atomic E-state index is 0.133. The molecule has 1 aliphatic heterocycles. The summed E-state index contributed by atoms with van der Waals surface area (Å²) in [7, 11) is 3.24. The van der Waals surface area contributed by atoms with Gasteiger partial charge in [0.25, 0.3) is 5.91 Å². The van der Waals surface area contributed by atoms with Crippen LogP contribution in [0.25, 0.3) is 11.3 Å². The third kappa shape index (κ3) is 4.21. The van der Waals surface area contributed by atoms with E-state index in [2.05, 4.69) is 6.58 Å². The zero-order chi connectivity index (χ0) is 23.5. The van der Waals surface area contributed by atoms with E-state index in [9.17, 15) is 4.79 Å². The Morgan fingerprint density at radius 1 is 1.12 bits per heavy atom. The topological polar surface area (TPSA) is 68.4 Å². The number of nitrogens with zero attached hydrogens (tertiary/aromatic N) is 4. The normalized spacial score (nSPS) is 14.7. The summed E-state index contributed by atoms with van der Waals surface area (Å²) in [6.45, 7) is 8.86. The Balaban J connectivity index is 1.97. The van der Waals surface area contributed by atoms with E-state index in [-0.39, 0.29) is 5.91 Å². The fraction of sp³-hybridized carbons (Fsp3) is 0.240. The van der Waals surface area contributed by atoms with Crippen LogP contribution in [0.1, 0.15) is 19.4 Å². The Kier molecular flexibility index (Phi) is 6.46. The summed E-state index contributed by atoms with van der Waals surface area (Å²) in [6.07, 6.45) is 0. The molecule has 4 rings (SSSR count). The number of hydrogen-bond donors (Lipinski definition) is 0. The molecule has 3 aromatic rings. The molecular weight excluding hydrogens is 436 g/mol. The highest BCUT2D eigenvalue weighted by Crippen LogP contribution is 2.34. The quantitative estimate of drug-likeness (QED) is 0.491. The summed E-state index contributed by atoms with van der Waals surface area (Å²) in [5.41, 5.74) is 4.52. The molecule has 1 aliphatic rings. The van der Waals surface area contributed by atoms with Gasteiger partial charge in [-0.2, -0.15) is 5.10 Å². The minimum Gasteiger partial charge on any atom is -0.497 e. The van der Waals surface area contributed by atoms with Crippen LogP contribution in [0.2, 0.25) is 0 Å². The lowest BCUT2D eigenvalue weighted by Crippen LogP contribution is -2.30. The number of ether oxygens (including phenoxy) is 2. The highest BCUT2D eigenvalue weighted by atomic mass is 32.1. The molecule has 8 heteroatoms. The largest absolute Gasteiger partial charge is 0.497 e. The number of likely N-dealkylation sites (N-methyl/N-ethyl adjacent to an activating group) is 1. The third-order valence-electron chi connectivity index (χ3n) is 5.27. The van der Waals surface area contributed by atoms with Crippen LogP contribution in [0.3, 0.4) is 0 Å². The predicted octanol–water partition coefficient (Wildman–Crippen LogP) is 4.33. The molecule has 1 amide bonds. The smallest absolute Gasteiger partial charge is 0.279 e. The summed E-state index contributed by atoms with van der Waals surface area (Å²) in [6, 6.07) is 13.3. The second-order valence-electron chi connectivity index (χ2n) is 7.57. The van der Waals surface area contributed by atoms with Gasteiger partial charge < -0.3 is 14.4 Å². The molecule has 0 spiro atoms. The van der Waals surface area contributed by atoms with Gasteiger partial charge in [-0.15, -0.1) is 11.3 Å². The monoisotopic (exact) mass is 462 g/mol. The van der Waals surface area contributed by atoms with Crippen LogP contribution in [0.5, 0.6) is 11.5 Å². The maximum Gasteiger partial charge on any atom is 0.279 e. The molecule has 2 heterocycles. The van der Waals surface area contributed by atoms with Crippen molar-refractivity contribution in [2.75, 3.05) is 32.2 Å². The van der Waals surface area contributed by atoms with Gasteiger partial charge in [0.05, 0.1) is 32.1 Å². The highest BCUT2D eigenvalue weighted by molar-refractivity contribution is 7.07. The number of benzene rings is 2. The van der Waals surface area contributed by atoms with Crippen molar-refractivity contribution in [3.05, 3.63) is 70.4 Å². The van der Waals surface area contributed by atoms with E-state index >= 15 is 0 Å². The van der Waals surface area contributed by atoms with Crippen LogP contribution in [0, 0.1) is 0 Å². The number of thiazole rings is 1. The summed E-state index contributed by atoms with van der Waals surface area (Å²) in [4.78, 5) is 20.3. The Hall–Kier alpha value is -3.65. The van der Waals surface area contributed by atoms with Crippen molar-refractivity contribution >= 4 is 28.6 Å². The average molecular weight is 463 g/mol. The second kappa shape index (κ2) is 9.46. The van der Waals surface area contributed by atoms with E-state index in [0.717, 1.165) is 28.1 Å². The summed E-state index contributed by atoms with van der Waals surface area (Å²) >= 11 is 1.44. The number of carbonyl (C=O) groups excluding carboxylic acids is 1. The van der Waals surface area contributed by atoms with Crippen LogP contribution >= 0.6 is 11.3 Å². The Bertz CT molecular complexity index is 1320. The summed E-state index contributed by atoms with van der Waals surface area (Å²) < 4.78 is 12.8. The van der Waals surface area contributed by atoms with Crippen molar-refractivity contribution in [2.24, 2.45) is 10.1 Å². The van der Waals surface area contributed by atoms with E-state index < -0.39 is 0 Å². The number of anilines is 1. The van der Waals surface area contributed by atoms with Gasteiger partial charge in [0.15, 0.2) is 5.71 Å². The first-order valence-electron chi connectivity index (χ1n) is 10.6. The van der Waals surface area contributed by atoms with E-state index in [1.54, 1.807) is 23.8 Å². The van der Waals surface area contributed by atoms with Crippen molar-refractivity contribution in [2.45, 2.75) is 13.8 Å². The minimum atomic E-state index is -0.133. The maximum atomic E-state index is 13.3. The van der Waals surface area contributed by atoms with Crippen molar-refractivity contribution in [3.63, 3.8) is 0 Å². The summed E-state index contributed by atoms with van der Waals surface area (Å²) in [5.74, 6) is 1.23. The Morgan fingerprint density at radius 3 is 2.61 bits per heavy atom. The van der Waals surface area contributed by atoms with Crippen LogP contribution in [-0.2, 0) is 4.79 Å². The maximum absolute atomic E-state index is 13.3. The molecule has 0 saturated carbocycles. The molecule has 0 atom stereocenters. The van der Waals surface area contributed by atoms with Gasteiger partial charge in [-0.25, -0.2) is 4.68 Å². The van der Waals surface area contributed by atoms with Gasteiger partial charge in [-0.1, -0.05) is 30.4 Å². The number of aromatic nitrogens is 1. The first-order valence-corrected chi connectivity index (χ1v) is 11.4. The zero-order valence-electron chi connectivity index (χ0n) is 19.2. The molecule has 0 unspecified atom stereocenters. The van der Waals surface area contributed by atoms with Crippen molar-refractivity contribution in [1.29, 1.82) is 0 Å². The number of amides is 1. The fourth-order valence-corrected chi connectivity index (χ4v) is 4.50. The first-order chi connectivity index (χ1) is 16.0. The van der Waals surface area contributed by atoms with Gasteiger partial charge in [0.1, 0.15) is 11.5 Å². The molecule has 0 fully saturated rings. The first kappa shape index (κ1) is 22.5. The van der Waals surface area contributed by atoms with Crippen molar-refractivity contribution in [3.8, 4) is 22.8 Å². The molecule has 0 bridgehead atoms. The number of para-hydroxylation sites is 1. The van der Waals surface area contributed by atoms with Crippen LogP contribution in [-0.4, -0.2) is 43.6 Å². The van der Waals surface area contributed by atoms with Gasteiger partial charge in [0, 0.05) is 23.1 Å². The van der Waals surface area contributed by atoms with Gasteiger partial charge in [0.2, 0.25) is 4.80 Å². The van der Waals surface area contributed by atoms with Crippen LogP contribution in [0.15, 0.2) is 70.1 Å². The highest BCUT2D eigenvalue weighted by Gasteiger charge is 2.33. The molecule has 33 heavy (non-hydrogen) atoms. The average Bonchev–Trinajstić information content (AvgIpc) is 3.35. The van der Waals surface area contributed by atoms with Crippen LogP contribution in [0.4, 0.5) is 5.69 Å². The summed E-state index contributed by atoms with van der Waals surface area (Å²) in [5, 5.41) is 6.82. The van der Waals surface area contributed by atoms with E-state index in [0.29, 0.717) is 35.1 Å². The fourth-order valence-electron chi connectivity index (χ4n) is 3.68. The lowest BCUT2D eigenvalue weighted by atomic mass is 10.1. The number of methoxy groups -OCH3 is 2. The molecule has 1 aromatic heterocycles. The molecular formula is C25H26N4O3S. The number of carbonyl (C=O) groups is 1. The molecule has 0 N–H and O–H groups in total. The third-order valence-corrected chi connectivity index (χ3v) is 6.12. The lowest BCUT2D eigenvalue weighted by molar-refractivity contribution is -0.112.